The number of rotatable bonds is 3. The lowest BCUT2D eigenvalue weighted by atomic mass is 9.78. The van der Waals surface area contributed by atoms with Crippen molar-refractivity contribution in [3.63, 3.8) is 0 Å². The van der Waals surface area contributed by atoms with Gasteiger partial charge in [-0.2, -0.15) is 12.6 Å². The topological polar surface area (TPSA) is 18.5 Å². The molecule has 0 bridgehead atoms. The summed E-state index contributed by atoms with van der Waals surface area (Å²) >= 11 is 4.43. The summed E-state index contributed by atoms with van der Waals surface area (Å²) in [4.78, 5) is 0. The van der Waals surface area contributed by atoms with Gasteiger partial charge in [0.2, 0.25) is 0 Å². The molecule has 0 saturated carbocycles. The first-order chi connectivity index (χ1) is 9.25. The van der Waals surface area contributed by atoms with E-state index in [4.69, 9.17) is 9.31 Å². The van der Waals surface area contributed by atoms with E-state index in [2.05, 4.69) is 77.6 Å². The molecule has 1 heterocycles. The molecule has 0 unspecified atom stereocenters. The zero-order valence-corrected chi connectivity index (χ0v) is 13.8. The van der Waals surface area contributed by atoms with Crippen LogP contribution in [0.5, 0.6) is 0 Å². The van der Waals surface area contributed by atoms with Crippen LogP contribution in [-0.2, 0) is 9.31 Å². The van der Waals surface area contributed by atoms with E-state index in [0.717, 1.165) is 11.0 Å². The Morgan fingerprint density at radius 2 is 1.60 bits per heavy atom. The van der Waals surface area contributed by atoms with Gasteiger partial charge in [-0.1, -0.05) is 35.9 Å². The van der Waals surface area contributed by atoms with Gasteiger partial charge in [-0.05, 0) is 45.7 Å². The Morgan fingerprint density at radius 1 is 1.10 bits per heavy atom. The summed E-state index contributed by atoms with van der Waals surface area (Å²) in [5.74, 6) is 0.616. The fraction of sp³-hybridized carbons (Fsp3) is 0.500. The van der Waals surface area contributed by atoms with Gasteiger partial charge in [0.15, 0.2) is 0 Å². The summed E-state index contributed by atoms with van der Waals surface area (Å²) in [6, 6.07) is 8.41. The third-order valence-corrected chi connectivity index (χ3v) is 4.53. The van der Waals surface area contributed by atoms with Crippen LogP contribution in [0.4, 0.5) is 0 Å². The molecule has 0 radical (unpaired) electrons. The second kappa shape index (κ2) is 5.59. The van der Waals surface area contributed by atoms with Crippen LogP contribution in [-0.4, -0.2) is 24.1 Å². The minimum absolute atomic E-state index is 0.313. The van der Waals surface area contributed by atoms with Crippen LogP contribution >= 0.6 is 12.6 Å². The molecule has 2 nitrogen and oxygen atoms in total. The first-order valence-corrected chi connectivity index (χ1v) is 7.62. The van der Waals surface area contributed by atoms with Gasteiger partial charge in [0.1, 0.15) is 0 Å². The molecule has 1 saturated heterocycles. The Labute approximate surface area is 128 Å². The highest BCUT2D eigenvalue weighted by molar-refractivity contribution is 7.80. The molecular weight excluding hydrogens is 267 g/mol. The molecule has 0 spiro atoms. The molecule has 4 heteroatoms. The van der Waals surface area contributed by atoms with Gasteiger partial charge in [0, 0.05) is 5.75 Å². The quantitative estimate of drug-likeness (QED) is 0.671. The lowest BCUT2D eigenvalue weighted by Crippen LogP contribution is -2.41. The van der Waals surface area contributed by atoms with Gasteiger partial charge in [0.05, 0.1) is 11.2 Å². The van der Waals surface area contributed by atoms with Gasteiger partial charge in [0.25, 0.3) is 0 Å². The molecule has 1 aliphatic heterocycles. The Morgan fingerprint density at radius 3 is 2.05 bits per heavy atom. The van der Waals surface area contributed by atoms with E-state index in [1.807, 2.05) is 0 Å². The summed E-state index contributed by atoms with van der Waals surface area (Å²) in [7, 11) is -0.321. The van der Waals surface area contributed by atoms with E-state index in [1.165, 1.54) is 5.56 Å². The Hall–Kier alpha value is -0.705. The lowest BCUT2D eigenvalue weighted by molar-refractivity contribution is 0.00578. The highest BCUT2D eigenvalue weighted by Gasteiger charge is 2.52. The van der Waals surface area contributed by atoms with Crippen molar-refractivity contribution in [3.8, 4) is 0 Å². The van der Waals surface area contributed by atoms with E-state index >= 15 is 0 Å². The predicted octanol–water partition coefficient (Wildman–Crippen LogP) is 3.94. The average Bonchev–Trinajstić information content (AvgIpc) is 2.57. The van der Waals surface area contributed by atoms with E-state index in [-0.39, 0.29) is 18.3 Å². The monoisotopic (exact) mass is 290 g/mol. The molecule has 1 aromatic carbocycles. The molecule has 0 amide bonds. The van der Waals surface area contributed by atoms with Gasteiger partial charge in [-0.15, -0.1) is 0 Å². The second-order valence-corrected chi connectivity index (χ2v) is 6.69. The van der Waals surface area contributed by atoms with Crippen LogP contribution < -0.4 is 0 Å². The average molecular weight is 290 g/mol. The van der Waals surface area contributed by atoms with E-state index in [1.54, 1.807) is 0 Å². The number of hydrogen-bond donors (Lipinski definition) is 1. The van der Waals surface area contributed by atoms with Crippen molar-refractivity contribution in [2.45, 2.75) is 45.8 Å². The fourth-order valence-electron chi connectivity index (χ4n) is 2.06. The molecule has 0 N–H and O–H groups in total. The lowest BCUT2D eigenvalue weighted by Gasteiger charge is -2.32. The molecule has 1 aromatic rings. The maximum atomic E-state index is 6.07. The number of aryl methyl sites for hydroxylation is 1. The SMILES string of the molecule is Cc1ccc(C=C(CS)B2OC(C)(C)C(C)(C)O2)cc1. The number of hydrogen-bond acceptors (Lipinski definition) is 3. The molecular formula is C16H23BO2S. The van der Waals surface area contributed by atoms with E-state index in [0.29, 0.717) is 5.75 Å². The smallest absolute Gasteiger partial charge is 0.400 e. The normalized spacial score (nSPS) is 21.3. The largest absolute Gasteiger partial charge is 0.491 e. The van der Waals surface area contributed by atoms with E-state index in [9.17, 15) is 0 Å². The Balaban J connectivity index is 2.24. The van der Waals surface area contributed by atoms with E-state index < -0.39 is 0 Å². The van der Waals surface area contributed by atoms with Crippen molar-refractivity contribution in [2.75, 3.05) is 5.75 Å². The van der Waals surface area contributed by atoms with Gasteiger partial charge in [-0.3, -0.25) is 0 Å². The minimum Gasteiger partial charge on any atom is -0.400 e. The molecule has 1 aliphatic rings. The van der Waals surface area contributed by atoms with Crippen molar-refractivity contribution in [2.24, 2.45) is 0 Å². The molecule has 1 fully saturated rings. The summed E-state index contributed by atoms with van der Waals surface area (Å²) in [5, 5.41) is 0. The first-order valence-electron chi connectivity index (χ1n) is 6.99. The van der Waals surface area contributed by atoms with Crippen LogP contribution in [0, 0.1) is 6.92 Å². The van der Waals surface area contributed by atoms with Gasteiger partial charge >= 0.3 is 7.12 Å². The van der Waals surface area contributed by atoms with Crippen LogP contribution in [0.15, 0.2) is 29.7 Å². The molecule has 0 aromatic heterocycles. The van der Waals surface area contributed by atoms with Crippen molar-refractivity contribution >= 4 is 25.8 Å². The first kappa shape index (κ1) is 15.7. The molecule has 108 valence electrons. The Kier molecular flexibility index (Phi) is 4.38. The maximum absolute atomic E-state index is 6.07. The zero-order valence-electron chi connectivity index (χ0n) is 12.9. The van der Waals surface area contributed by atoms with Crippen LogP contribution in [0.2, 0.25) is 0 Å². The number of benzene rings is 1. The Bertz CT molecular complexity index is 490. The molecule has 0 atom stereocenters. The van der Waals surface area contributed by atoms with Crippen LogP contribution in [0.3, 0.4) is 0 Å². The number of thiol groups is 1. The highest BCUT2D eigenvalue weighted by atomic mass is 32.1. The summed E-state index contributed by atoms with van der Waals surface area (Å²) < 4.78 is 12.1. The predicted molar refractivity (Wildman–Crippen MR) is 89.1 cm³/mol. The third kappa shape index (κ3) is 3.13. The highest BCUT2D eigenvalue weighted by Crippen LogP contribution is 2.38. The second-order valence-electron chi connectivity index (χ2n) is 6.38. The summed E-state index contributed by atoms with van der Waals surface area (Å²) in [5.41, 5.74) is 2.83. The van der Waals surface area contributed by atoms with Crippen molar-refractivity contribution < 1.29 is 9.31 Å². The van der Waals surface area contributed by atoms with Crippen molar-refractivity contribution in [1.82, 2.24) is 0 Å². The summed E-state index contributed by atoms with van der Waals surface area (Å²) in [6.45, 7) is 10.3. The molecule has 0 aliphatic carbocycles. The molecule has 2 rings (SSSR count). The van der Waals surface area contributed by atoms with Gasteiger partial charge < -0.3 is 9.31 Å². The minimum atomic E-state index is -0.321. The fourth-order valence-corrected chi connectivity index (χ4v) is 2.30. The van der Waals surface area contributed by atoms with Crippen molar-refractivity contribution in [3.05, 3.63) is 40.9 Å². The summed E-state index contributed by atoms with van der Waals surface area (Å²) in [6.07, 6.45) is 2.11. The van der Waals surface area contributed by atoms with Crippen molar-refractivity contribution in [1.29, 1.82) is 0 Å². The third-order valence-electron chi connectivity index (χ3n) is 4.17. The van der Waals surface area contributed by atoms with Crippen LogP contribution in [0.25, 0.3) is 6.08 Å². The standard InChI is InChI=1S/C16H23BO2S/c1-12-6-8-13(9-7-12)10-14(11-20)17-18-15(2,3)16(4,5)19-17/h6-10,20H,11H2,1-5H3. The van der Waals surface area contributed by atoms with Gasteiger partial charge in [-0.25, -0.2) is 0 Å². The maximum Gasteiger partial charge on any atom is 0.491 e. The van der Waals surface area contributed by atoms with Crippen LogP contribution in [0.1, 0.15) is 38.8 Å². The molecule has 20 heavy (non-hydrogen) atoms. The zero-order chi connectivity index (χ0) is 15.0.